The maximum absolute atomic E-state index is 12.8. The van der Waals surface area contributed by atoms with E-state index in [2.05, 4.69) is 4.74 Å². The minimum Gasteiger partial charge on any atom is -0.468 e. The number of benzene rings is 1. The number of anilines is 1. The Hall–Kier alpha value is -2.19. The van der Waals surface area contributed by atoms with Gasteiger partial charge in [-0.05, 0) is 13.0 Å². The van der Waals surface area contributed by atoms with Gasteiger partial charge in [-0.2, -0.15) is 0 Å². The van der Waals surface area contributed by atoms with E-state index >= 15 is 0 Å². The van der Waals surface area contributed by atoms with Crippen molar-refractivity contribution in [1.29, 1.82) is 0 Å². The Bertz CT molecular complexity index is 803. The van der Waals surface area contributed by atoms with Crippen LogP contribution in [0.3, 0.4) is 0 Å². The molecule has 0 aromatic heterocycles. The van der Waals surface area contributed by atoms with E-state index in [-0.39, 0.29) is 21.7 Å². The van der Waals surface area contributed by atoms with Crippen molar-refractivity contribution in [1.82, 2.24) is 4.90 Å². The van der Waals surface area contributed by atoms with Crippen LogP contribution in [0.4, 0.5) is 5.69 Å². The number of esters is 1. The number of ether oxygens (including phenoxy) is 1. The quantitative estimate of drug-likeness (QED) is 0.464. The standard InChI is InChI=1S/C16H14N2O4S2/c1-3-17-10-7-5-4-6-9(10)12(14(17)20)13-15(21)18(16(23)24-13)8-11(19)22-2/h4-7H,3,8H2,1-2H3. The van der Waals surface area contributed by atoms with Crippen LogP contribution in [0, 0.1) is 0 Å². The Morgan fingerprint density at radius 2 is 1.92 bits per heavy atom. The first-order chi connectivity index (χ1) is 11.5. The molecule has 24 heavy (non-hydrogen) atoms. The first kappa shape index (κ1) is 16.7. The number of hydrogen-bond donors (Lipinski definition) is 0. The average Bonchev–Trinajstić information content (AvgIpc) is 3.01. The van der Waals surface area contributed by atoms with Crippen LogP contribution in [0.5, 0.6) is 0 Å². The molecule has 0 atom stereocenters. The van der Waals surface area contributed by atoms with E-state index in [4.69, 9.17) is 12.2 Å². The monoisotopic (exact) mass is 362 g/mol. The maximum atomic E-state index is 12.8. The summed E-state index contributed by atoms with van der Waals surface area (Å²) in [7, 11) is 1.24. The molecule has 0 spiro atoms. The minimum atomic E-state index is -0.564. The maximum Gasteiger partial charge on any atom is 0.325 e. The zero-order valence-corrected chi connectivity index (χ0v) is 14.7. The van der Waals surface area contributed by atoms with Crippen molar-refractivity contribution in [2.45, 2.75) is 6.92 Å². The molecule has 8 heteroatoms. The second kappa shape index (κ2) is 6.37. The summed E-state index contributed by atoms with van der Waals surface area (Å²) in [6.07, 6.45) is 0. The van der Waals surface area contributed by atoms with Crippen LogP contribution in [-0.4, -0.2) is 47.2 Å². The predicted octanol–water partition coefficient (Wildman–Crippen LogP) is 1.80. The highest BCUT2D eigenvalue weighted by Crippen LogP contribution is 2.44. The Balaban J connectivity index is 2.07. The topological polar surface area (TPSA) is 66.9 Å². The summed E-state index contributed by atoms with van der Waals surface area (Å²) in [4.78, 5) is 40.0. The van der Waals surface area contributed by atoms with Crippen LogP contribution in [0.25, 0.3) is 5.57 Å². The number of nitrogens with zero attached hydrogens (tertiary/aromatic N) is 2. The Labute approximate surface area is 148 Å². The molecule has 124 valence electrons. The molecular weight excluding hydrogens is 348 g/mol. The fourth-order valence-corrected chi connectivity index (χ4v) is 4.02. The molecule has 2 amide bonds. The van der Waals surface area contributed by atoms with Crippen molar-refractivity contribution >= 4 is 57.3 Å². The third kappa shape index (κ3) is 2.51. The van der Waals surface area contributed by atoms with Gasteiger partial charge < -0.3 is 9.64 Å². The molecule has 1 saturated heterocycles. The molecule has 2 aliphatic rings. The number of para-hydroxylation sites is 1. The molecule has 0 radical (unpaired) electrons. The van der Waals surface area contributed by atoms with Gasteiger partial charge in [-0.25, -0.2) is 0 Å². The minimum absolute atomic E-state index is 0.225. The van der Waals surface area contributed by atoms with E-state index < -0.39 is 11.9 Å². The molecule has 0 aliphatic carbocycles. The second-order valence-electron chi connectivity index (χ2n) is 5.11. The average molecular weight is 362 g/mol. The number of thioether (sulfide) groups is 1. The Morgan fingerprint density at radius 3 is 2.58 bits per heavy atom. The molecule has 1 fully saturated rings. The fourth-order valence-electron chi connectivity index (χ4n) is 2.69. The van der Waals surface area contributed by atoms with Gasteiger partial charge in [0.1, 0.15) is 10.9 Å². The summed E-state index contributed by atoms with van der Waals surface area (Å²) in [6, 6.07) is 7.32. The number of amides is 2. The van der Waals surface area contributed by atoms with Crippen LogP contribution in [0.2, 0.25) is 0 Å². The van der Waals surface area contributed by atoms with Gasteiger partial charge in [-0.1, -0.05) is 42.2 Å². The largest absolute Gasteiger partial charge is 0.468 e. The highest BCUT2D eigenvalue weighted by atomic mass is 32.2. The van der Waals surface area contributed by atoms with E-state index in [1.807, 2.05) is 31.2 Å². The number of thiocarbonyl (C=S) groups is 1. The smallest absolute Gasteiger partial charge is 0.325 e. The van der Waals surface area contributed by atoms with Crippen molar-refractivity contribution in [2.24, 2.45) is 0 Å². The van der Waals surface area contributed by atoms with Crippen LogP contribution in [-0.2, 0) is 19.1 Å². The lowest BCUT2D eigenvalue weighted by Crippen LogP contribution is -2.34. The Kier molecular flexibility index (Phi) is 4.42. The number of hydrogen-bond acceptors (Lipinski definition) is 6. The second-order valence-corrected chi connectivity index (χ2v) is 6.75. The first-order valence-electron chi connectivity index (χ1n) is 7.25. The van der Waals surface area contributed by atoms with Gasteiger partial charge >= 0.3 is 5.97 Å². The van der Waals surface area contributed by atoms with E-state index in [0.29, 0.717) is 17.7 Å². The molecule has 1 aromatic carbocycles. The number of likely N-dealkylation sites (N-methyl/N-ethyl adjacent to an activating group) is 1. The first-order valence-corrected chi connectivity index (χ1v) is 8.48. The van der Waals surface area contributed by atoms with Gasteiger partial charge in [0.05, 0.1) is 23.3 Å². The molecule has 0 saturated carbocycles. The summed E-state index contributed by atoms with van der Waals surface area (Å²) < 4.78 is 4.83. The predicted molar refractivity (Wildman–Crippen MR) is 95.3 cm³/mol. The van der Waals surface area contributed by atoms with E-state index in [1.165, 1.54) is 12.0 Å². The lowest BCUT2D eigenvalue weighted by Gasteiger charge is -2.13. The summed E-state index contributed by atoms with van der Waals surface area (Å²) in [5.74, 6) is -1.23. The van der Waals surface area contributed by atoms with Crippen molar-refractivity contribution < 1.29 is 19.1 Å². The zero-order chi connectivity index (χ0) is 17.4. The molecule has 0 bridgehead atoms. The summed E-state index contributed by atoms with van der Waals surface area (Å²) in [6.45, 7) is 2.12. The van der Waals surface area contributed by atoms with Gasteiger partial charge in [0.25, 0.3) is 11.8 Å². The normalized spacial score (nSPS) is 20.0. The van der Waals surface area contributed by atoms with Crippen LogP contribution >= 0.6 is 24.0 Å². The highest BCUT2D eigenvalue weighted by Gasteiger charge is 2.42. The van der Waals surface area contributed by atoms with Gasteiger partial charge in [0.15, 0.2) is 0 Å². The van der Waals surface area contributed by atoms with Crippen molar-refractivity contribution in [2.75, 3.05) is 25.1 Å². The molecule has 6 nitrogen and oxygen atoms in total. The fraction of sp³-hybridized carbons (Fsp3) is 0.250. The number of methoxy groups -OCH3 is 1. The van der Waals surface area contributed by atoms with Crippen LogP contribution in [0.1, 0.15) is 12.5 Å². The summed E-state index contributed by atoms with van der Waals surface area (Å²) >= 11 is 6.24. The molecule has 1 aromatic rings. The zero-order valence-electron chi connectivity index (χ0n) is 13.1. The van der Waals surface area contributed by atoms with E-state index in [0.717, 1.165) is 17.4 Å². The number of rotatable bonds is 3. The van der Waals surface area contributed by atoms with Gasteiger partial charge in [0, 0.05) is 12.1 Å². The third-order valence-electron chi connectivity index (χ3n) is 3.83. The van der Waals surface area contributed by atoms with E-state index in [1.54, 1.807) is 4.90 Å². The summed E-state index contributed by atoms with van der Waals surface area (Å²) in [5, 5.41) is 0. The number of fused-ring (bicyclic) bond motifs is 1. The number of carbonyl (C=O) groups is 3. The van der Waals surface area contributed by atoms with Crippen molar-refractivity contribution in [3.63, 3.8) is 0 Å². The molecule has 3 rings (SSSR count). The van der Waals surface area contributed by atoms with Crippen LogP contribution < -0.4 is 4.90 Å². The van der Waals surface area contributed by atoms with E-state index in [9.17, 15) is 14.4 Å². The number of carbonyl (C=O) groups excluding carboxylic acids is 3. The molecule has 0 unspecified atom stereocenters. The molecule has 2 aliphatic heterocycles. The van der Waals surface area contributed by atoms with Crippen LogP contribution in [0.15, 0.2) is 29.2 Å². The molecule has 2 heterocycles. The van der Waals surface area contributed by atoms with Gasteiger partial charge in [-0.15, -0.1) is 0 Å². The van der Waals surface area contributed by atoms with Crippen molar-refractivity contribution in [3.05, 3.63) is 34.7 Å². The summed E-state index contributed by atoms with van der Waals surface area (Å²) in [5.41, 5.74) is 1.83. The lowest BCUT2D eigenvalue weighted by molar-refractivity contribution is -0.143. The molecular formula is C16H14N2O4S2. The van der Waals surface area contributed by atoms with Gasteiger partial charge in [-0.3, -0.25) is 19.3 Å². The van der Waals surface area contributed by atoms with Crippen molar-refractivity contribution in [3.8, 4) is 0 Å². The Morgan fingerprint density at radius 1 is 1.21 bits per heavy atom. The third-order valence-corrected chi connectivity index (χ3v) is 5.28. The molecule has 0 N–H and O–H groups in total. The highest BCUT2D eigenvalue weighted by molar-refractivity contribution is 8.26. The SMILES string of the molecule is CCN1C(=O)C(=C2SC(=S)N(CC(=O)OC)C2=O)c2ccccc21. The lowest BCUT2D eigenvalue weighted by atomic mass is 10.1. The van der Waals surface area contributed by atoms with Gasteiger partial charge in [0.2, 0.25) is 0 Å².